The van der Waals surface area contributed by atoms with Gasteiger partial charge in [0.15, 0.2) is 0 Å². The van der Waals surface area contributed by atoms with Crippen LogP contribution < -0.4 is 0 Å². The third kappa shape index (κ3) is 8.61. The van der Waals surface area contributed by atoms with Crippen molar-refractivity contribution in [3.05, 3.63) is 24.3 Å². The van der Waals surface area contributed by atoms with E-state index in [0.29, 0.717) is 0 Å². The van der Waals surface area contributed by atoms with Crippen LogP contribution in [0.5, 0.6) is 0 Å². The number of unbranched alkanes of at least 4 members (excludes halogenated alkanes) is 3. The molecule has 0 heteroatoms. The molecule has 0 aliphatic heterocycles. The van der Waals surface area contributed by atoms with Crippen molar-refractivity contribution >= 4 is 0 Å². The van der Waals surface area contributed by atoms with Crippen LogP contribution in [0.2, 0.25) is 0 Å². The lowest BCUT2D eigenvalue weighted by Gasteiger charge is -2.28. The molecule has 1 rings (SSSR count). The molecule has 0 N–H and O–H groups in total. The van der Waals surface area contributed by atoms with Gasteiger partial charge in [-0.2, -0.15) is 0 Å². The molecule has 1 aliphatic rings. The SMILES string of the molecule is CCCC=CC=CCC[C@H]1CC[C@H](CCCCC)CC1. The van der Waals surface area contributed by atoms with Gasteiger partial charge in [-0.1, -0.05) is 95.9 Å². The zero-order valence-corrected chi connectivity index (χ0v) is 13.9. The molecule has 0 aromatic rings. The summed E-state index contributed by atoms with van der Waals surface area (Å²) in [6, 6.07) is 0. The van der Waals surface area contributed by atoms with Gasteiger partial charge in [-0.25, -0.2) is 0 Å². The fraction of sp³-hybridized carbons (Fsp3) is 0.800. The van der Waals surface area contributed by atoms with Gasteiger partial charge in [0.2, 0.25) is 0 Å². The minimum absolute atomic E-state index is 1.02. The molecule has 0 unspecified atom stereocenters. The second-order valence-corrected chi connectivity index (χ2v) is 6.60. The largest absolute Gasteiger partial charge is 0.0846 e. The molecule has 1 fully saturated rings. The van der Waals surface area contributed by atoms with Crippen LogP contribution in [0, 0.1) is 11.8 Å². The van der Waals surface area contributed by atoms with Crippen molar-refractivity contribution < 1.29 is 0 Å². The van der Waals surface area contributed by atoms with E-state index in [4.69, 9.17) is 0 Å². The Morgan fingerprint density at radius 3 is 1.90 bits per heavy atom. The summed E-state index contributed by atoms with van der Waals surface area (Å²) < 4.78 is 0. The first-order valence-electron chi connectivity index (χ1n) is 9.18. The minimum atomic E-state index is 1.02. The molecular weight excluding hydrogens is 240 g/mol. The summed E-state index contributed by atoms with van der Waals surface area (Å²) in [5, 5.41) is 0. The summed E-state index contributed by atoms with van der Waals surface area (Å²) in [4.78, 5) is 0. The van der Waals surface area contributed by atoms with Crippen LogP contribution in [0.1, 0.15) is 90.9 Å². The van der Waals surface area contributed by atoms with Crippen LogP contribution in [-0.2, 0) is 0 Å². The number of hydrogen-bond acceptors (Lipinski definition) is 0. The second kappa shape index (κ2) is 12.2. The van der Waals surface area contributed by atoms with Gasteiger partial charge < -0.3 is 0 Å². The van der Waals surface area contributed by atoms with Crippen LogP contribution in [0.15, 0.2) is 24.3 Å². The zero-order valence-electron chi connectivity index (χ0n) is 13.9. The summed E-state index contributed by atoms with van der Waals surface area (Å²) in [7, 11) is 0. The molecule has 0 spiro atoms. The van der Waals surface area contributed by atoms with E-state index in [0.717, 1.165) is 11.8 Å². The summed E-state index contributed by atoms with van der Waals surface area (Å²) in [5.74, 6) is 2.08. The van der Waals surface area contributed by atoms with Gasteiger partial charge >= 0.3 is 0 Å². The van der Waals surface area contributed by atoms with E-state index in [1.165, 1.54) is 77.0 Å². The lowest BCUT2D eigenvalue weighted by atomic mass is 9.78. The Hall–Kier alpha value is -0.520. The molecule has 0 aromatic heterocycles. The zero-order chi connectivity index (χ0) is 14.5. The molecule has 0 nitrogen and oxygen atoms in total. The topological polar surface area (TPSA) is 0 Å². The molecule has 0 aromatic carbocycles. The van der Waals surface area contributed by atoms with E-state index in [1.807, 2.05) is 0 Å². The monoisotopic (exact) mass is 276 g/mol. The summed E-state index contributed by atoms with van der Waals surface area (Å²) in [6.07, 6.45) is 26.1. The molecule has 0 amide bonds. The molecule has 0 saturated heterocycles. The molecule has 116 valence electrons. The Kier molecular flexibility index (Phi) is 10.7. The van der Waals surface area contributed by atoms with Gasteiger partial charge in [0.05, 0.1) is 0 Å². The summed E-state index contributed by atoms with van der Waals surface area (Å²) in [6.45, 7) is 4.54. The third-order valence-electron chi connectivity index (χ3n) is 4.76. The highest BCUT2D eigenvalue weighted by atomic mass is 14.3. The Morgan fingerprint density at radius 1 is 0.700 bits per heavy atom. The average molecular weight is 277 g/mol. The quantitative estimate of drug-likeness (QED) is 0.296. The van der Waals surface area contributed by atoms with E-state index in [9.17, 15) is 0 Å². The number of rotatable bonds is 10. The van der Waals surface area contributed by atoms with Crippen molar-refractivity contribution in [3.8, 4) is 0 Å². The van der Waals surface area contributed by atoms with Gasteiger partial charge in [0.1, 0.15) is 0 Å². The van der Waals surface area contributed by atoms with E-state index in [1.54, 1.807) is 0 Å². The molecular formula is C20H36. The molecule has 1 aliphatic carbocycles. The van der Waals surface area contributed by atoms with Crippen LogP contribution in [0.3, 0.4) is 0 Å². The van der Waals surface area contributed by atoms with Crippen LogP contribution in [0.4, 0.5) is 0 Å². The maximum atomic E-state index is 2.36. The normalized spacial score (nSPS) is 23.9. The van der Waals surface area contributed by atoms with Crippen molar-refractivity contribution in [1.82, 2.24) is 0 Å². The van der Waals surface area contributed by atoms with E-state index in [2.05, 4.69) is 38.2 Å². The van der Waals surface area contributed by atoms with Gasteiger partial charge in [-0.15, -0.1) is 0 Å². The highest BCUT2D eigenvalue weighted by Crippen LogP contribution is 2.34. The molecule has 20 heavy (non-hydrogen) atoms. The van der Waals surface area contributed by atoms with Crippen molar-refractivity contribution in [3.63, 3.8) is 0 Å². The first kappa shape index (κ1) is 17.5. The Balaban J connectivity index is 2.02. The summed E-state index contributed by atoms with van der Waals surface area (Å²) in [5.41, 5.74) is 0. The Bertz CT molecular complexity index is 253. The lowest BCUT2D eigenvalue weighted by molar-refractivity contribution is 0.250. The maximum Gasteiger partial charge on any atom is -0.0345 e. The third-order valence-corrected chi connectivity index (χ3v) is 4.76. The molecule has 0 radical (unpaired) electrons. The fourth-order valence-corrected chi connectivity index (χ4v) is 3.34. The van der Waals surface area contributed by atoms with E-state index in [-0.39, 0.29) is 0 Å². The second-order valence-electron chi connectivity index (χ2n) is 6.60. The predicted octanol–water partition coefficient (Wildman–Crippen LogP) is 7.07. The van der Waals surface area contributed by atoms with Gasteiger partial charge in [0.25, 0.3) is 0 Å². The predicted molar refractivity (Wildman–Crippen MR) is 92.0 cm³/mol. The Labute approximate surface area is 127 Å². The number of hydrogen-bond donors (Lipinski definition) is 0. The highest BCUT2D eigenvalue weighted by Gasteiger charge is 2.19. The van der Waals surface area contributed by atoms with Gasteiger partial charge in [-0.3, -0.25) is 0 Å². The van der Waals surface area contributed by atoms with Crippen LogP contribution in [-0.4, -0.2) is 0 Å². The average Bonchev–Trinajstić information content (AvgIpc) is 2.48. The molecule has 0 heterocycles. The summed E-state index contributed by atoms with van der Waals surface area (Å²) >= 11 is 0. The van der Waals surface area contributed by atoms with Crippen molar-refractivity contribution in [2.75, 3.05) is 0 Å². The first-order chi connectivity index (χ1) is 9.86. The minimum Gasteiger partial charge on any atom is -0.0846 e. The van der Waals surface area contributed by atoms with Gasteiger partial charge in [-0.05, 0) is 31.1 Å². The van der Waals surface area contributed by atoms with Crippen LogP contribution >= 0.6 is 0 Å². The van der Waals surface area contributed by atoms with Crippen LogP contribution in [0.25, 0.3) is 0 Å². The van der Waals surface area contributed by atoms with Crippen molar-refractivity contribution in [1.29, 1.82) is 0 Å². The van der Waals surface area contributed by atoms with Crippen molar-refractivity contribution in [2.45, 2.75) is 90.9 Å². The molecule has 0 atom stereocenters. The standard InChI is InChI=1S/C20H36/c1-3-5-7-8-9-10-12-14-20-17-15-19(16-18-20)13-11-6-4-2/h7-10,19-20H,3-6,11-18H2,1-2H3/t19-,20-. The maximum absolute atomic E-state index is 2.36. The Morgan fingerprint density at radius 2 is 1.30 bits per heavy atom. The lowest BCUT2D eigenvalue weighted by Crippen LogP contribution is -2.14. The molecule has 0 bridgehead atoms. The molecule has 1 saturated carbocycles. The number of allylic oxidation sites excluding steroid dienone is 4. The highest BCUT2D eigenvalue weighted by molar-refractivity contribution is 5.02. The van der Waals surface area contributed by atoms with E-state index >= 15 is 0 Å². The van der Waals surface area contributed by atoms with Gasteiger partial charge in [0, 0.05) is 0 Å². The van der Waals surface area contributed by atoms with Crippen molar-refractivity contribution in [2.24, 2.45) is 11.8 Å². The smallest absolute Gasteiger partial charge is 0.0345 e. The first-order valence-corrected chi connectivity index (χ1v) is 9.18. The van der Waals surface area contributed by atoms with E-state index < -0.39 is 0 Å². The fourth-order valence-electron chi connectivity index (χ4n) is 3.34.